The molecule has 122 valence electrons. The van der Waals surface area contributed by atoms with Gasteiger partial charge in [-0.2, -0.15) is 0 Å². The van der Waals surface area contributed by atoms with E-state index in [1.54, 1.807) is 18.2 Å². The third kappa shape index (κ3) is 2.29. The van der Waals surface area contributed by atoms with E-state index in [4.69, 9.17) is 23.2 Å². The van der Waals surface area contributed by atoms with E-state index in [2.05, 4.69) is 17.5 Å². The van der Waals surface area contributed by atoms with Crippen LogP contribution in [0.5, 0.6) is 0 Å². The number of nitrogens with zero attached hydrogens (tertiary/aromatic N) is 1. The van der Waals surface area contributed by atoms with Crippen LogP contribution in [0, 0.1) is 16.0 Å². The van der Waals surface area contributed by atoms with Crippen LogP contribution in [-0.2, 0) is 0 Å². The first-order valence-electron chi connectivity index (χ1n) is 7.72. The molecule has 2 aromatic carbocycles. The molecule has 1 aliphatic heterocycles. The summed E-state index contributed by atoms with van der Waals surface area (Å²) >= 11 is 12.6. The second-order valence-electron chi connectivity index (χ2n) is 6.12. The van der Waals surface area contributed by atoms with E-state index in [0.717, 1.165) is 17.7 Å². The van der Waals surface area contributed by atoms with Crippen molar-refractivity contribution < 1.29 is 4.92 Å². The first-order valence-corrected chi connectivity index (χ1v) is 8.48. The highest BCUT2D eigenvalue weighted by Gasteiger charge is 2.41. The van der Waals surface area contributed by atoms with Crippen LogP contribution in [0.2, 0.25) is 10.0 Å². The van der Waals surface area contributed by atoms with Gasteiger partial charge in [0.25, 0.3) is 5.69 Å². The van der Waals surface area contributed by atoms with Crippen LogP contribution >= 0.6 is 23.2 Å². The molecule has 0 spiro atoms. The van der Waals surface area contributed by atoms with Crippen LogP contribution in [0.3, 0.4) is 0 Å². The lowest BCUT2D eigenvalue weighted by Gasteiger charge is -2.37. The van der Waals surface area contributed by atoms with Gasteiger partial charge in [-0.15, -0.1) is 0 Å². The molecule has 2 aromatic rings. The van der Waals surface area contributed by atoms with Gasteiger partial charge >= 0.3 is 0 Å². The molecule has 3 atom stereocenters. The van der Waals surface area contributed by atoms with Gasteiger partial charge in [-0.3, -0.25) is 10.1 Å². The van der Waals surface area contributed by atoms with Gasteiger partial charge in [0.2, 0.25) is 0 Å². The number of nitrogens with one attached hydrogen (secondary N) is 1. The predicted octanol–water partition coefficient (Wildman–Crippen LogP) is 5.73. The molecule has 0 bridgehead atoms. The molecular weight excluding hydrogens is 347 g/mol. The van der Waals surface area contributed by atoms with Crippen molar-refractivity contribution in [1.82, 2.24) is 0 Å². The fourth-order valence-electron chi connectivity index (χ4n) is 3.83. The van der Waals surface area contributed by atoms with E-state index >= 15 is 0 Å². The van der Waals surface area contributed by atoms with Gasteiger partial charge in [-0.25, -0.2) is 0 Å². The average Bonchev–Trinajstić information content (AvgIpc) is 3.07. The number of hydrogen-bond acceptors (Lipinski definition) is 3. The van der Waals surface area contributed by atoms with Gasteiger partial charge in [0.05, 0.1) is 32.3 Å². The quantitative estimate of drug-likeness (QED) is 0.422. The zero-order valence-corrected chi connectivity index (χ0v) is 14.1. The molecule has 0 unspecified atom stereocenters. The van der Waals surface area contributed by atoms with E-state index in [0.29, 0.717) is 15.6 Å². The highest BCUT2D eigenvalue weighted by molar-refractivity contribution is 6.43. The second-order valence-corrected chi connectivity index (χ2v) is 6.90. The Kier molecular flexibility index (Phi) is 3.74. The Hall–Kier alpha value is -2.04. The largest absolute Gasteiger partial charge is 0.376 e. The van der Waals surface area contributed by atoms with Crippen LogP contribution in [-0.4, -0.2) is 4.92 Å². The number of halogens is 2. The van der Waals surface area contributed by atoms with Crippen molar-refractivity contribution in [3.63, 3.8) is 0 Å². The fraction of sp³-hybridized carbons (Fsp3) is 0.222. The Morgan fingerprint density at radius 1 is 1.12 bits per heavy atom. The maximum atomic E-state index is 11.4. The molecule has 0 saturated carbocycles. The summed E-state index contributed by atoms with van der Waals surface area (Å²) in [6.45, 7) is 0. The molecule has 0 fully saturated rings. The number of anilines is 1. The van der Waals surface area contributed by atoms with Crippen LogP contribution in [0.1, 0.15) is 29.5 Å². The third-order valence-electron chi connectivity index (χ3n) is 4.90. The van der Waals surface area contributed by atoms with Crippen molar-refractivity contribution in [2.45, 2.75) is 18.4 Å². The first kappa shape index (κ1) is 15.5. The van der Waals surface area contributed by atoms with Gasteiger partial charge in [-0.05, 0) is 24.0 Å². The number of rotatable bonds is 2. The molecule has 1 heterocycles. The molecule has 24 heavy (non-hydrogen) atoms. The molecule has 4 rings (SSSR count). The summed E-state index contributed by atoms with van der Waals surface area (Å²) in [5, 5.41) is 15.8. The Balaban J connectivity index is 1.87. The summed E-state index contributed by atoms with van der Waals surface area (Å²) in [5.74, 6) is 0.400. The highest BCUT2D eigenvalue weighted by Crippen LogP contribution is 2.53. The van der Waals surface area contributed by atoms with E-state index in [9.17, 15) is 10.1 Å². The minimum atomic E-state index is -0.330. The van der Waals surface area contributed by atoms with Gasteiger partial charge in [0.1, 0.15) is 0 Å². The third-order valence-corrected chi connectivity index (χ3v) is 5.70. The Bertz CT molecular complexity index is 866. The van der Waals surface area contributed by atoms with Crippen molar-refractivity contribution in [2.75, 3.05) is 5.32 Å². The topological polar surface area (TPSA) is 55.2 Å². The SMILES string of the molecule is O=[N+]([O-])c1ccccc1[C@@H]1Nc2c(ccc(Cl)c2Cl)[C@@H]2C=CC[C@H]21. The maximum Gasteiger partial charge on any atom is 0.274 e. The van der Waals surface area contributed by atoms with Gasteiger partial charge in [0.15, 0.2) is 0 Å². The smallest absolute Gasteiger partial charge is 0.274 e. The number of hydrogen-bond donors (Lipinski definition) is 1. The minimum Gasteiger partial charge on any atom is -0.376 e. The normalized spacial score (nSPS) is 24.2. The van der Waals surface area contributed by atoms with Gasteiger partial charge < -0.3 is 5.32 Å². The van der Waals surface area contributed by atoms with Gasteiger partial charge in [0, 0.05) is 12.0 Å². The lowest BCUT2D eigenvalue weighted by atomic mass is 9.76. The number of nitro benzene ring substituents is 1. The molecule has 0 radical (unpaired) electrons. The van der Waals surface area contributed by atoms with Gasteiger partial charge in [-0.1, -0.05) is 59.6 Å². The van der Waals surface area contributed by atoms with E-state index < -0.39 is 0 Å². The van der Waals surface area contributed by atoms with Crippen LogP contribution in [0.4, 0.5) is 11.4 Å². The second kappa shape index (κ2) is 5.80. The van der Waals surface area contributed by atoms with Crippen LogP contribution in [0.15, 0.2) is 48.6 Å². The van der Waals surface area contributed by atoms with Crippen molar-refractivity contribution in [3.8, 4) is 0 Å². The zero-order valence-electron chi connectivity index (χ0n) is 12.6. The number of para-hydroxylation sites is 1. The van der Waals surface area contributed by atoms with Crippen molar-refractivity contribution in [2.24, 2.45) is 5.92 Å². The van der Waals surface area contributed by atoms with Crippen molar-refractivity contribution in [1.29, 1.82) is 0 Å². The molecule has 4 nitrogen and oxygen atoms in total. The highest BCUT2D eigenvalue weighted by atomic mass is 35.5. The van der Waals surface area contributed by atoms with E-state index in [1.165, 1.54) is 0 Å². The summed E-state index contributed by atoms with van der Waals surface area (Å²) in [5.41, 5.74) is 2.68. The summed E-state index contributed by atoms with van der Waals surface area (Å²) in [4.78, 5) is 11.1. The van der Waals surface area contributed by atoms with E-state index in [1.807, 2.05) is 18.2 Å². The number of benzene rings is 2. The molecule has 0 saturated heterocycles. The van der Waals surface area contributed by atoms with Crippen molar-refractivity contribution in [3.05, 3.63) is 79.8 Å². The summed E-state index contributed by atoms with van der Waals surface area (Å²) < 4.78 is 0. The number of allylic oxidation sites excluding steroid dienone is 2. The van der Waals surface area contributed by atoms with E-state index in [-0.39, 0.29) is 28.5 Å². The average molecular weight is 361 g/mol. The Labute approximate surface area is 149 Å². The molecule has 1 aliphatic carbocycles. The molecule has 0 amide bonds. The summed E-state index contributed by atoms with van der Waals surface area (Å²) in [6, 6.07) is 10.5. The molecule has 1 N–H and O–H groups in total. The predicted molar refractivity (Wildman–Crippen MR) is 95.9 cm³/mol. The Morgan fingerprint density at radius 2 is 1.92 bits per heavy atom. The monoisotopic (exact) mass is 360 g/mol. The maximum absolute atomic E-state index is 11.4. The van der Waals surface area contributed by atoms with Crippen LogP contribution in [0.25, 0.3) is 0 Å². The lowest BCUT2D eigenvalue weighted by Crippen LogP contribution is -2.29. The molecule has 0 aromatic heterocycles. The lowest BCUT2D eigenvalue weighted by molar-refractivity contribution is -0.385. The number of fused-ring (bicyclic) bond motifs is 3. The molecule has 6 heteroatoms. The summed E-state index contributed by atoms with van der Waals surface area (Å²) in [6.07, 6.45) is 5.17. The van der Waals surface area contributed by atoms with Crippen molar-refractivity contribution >= 4 is 34.6 Å². The molecular formula is C18H14Cl2N2O2. The first-order chi connectivity index (χ1) is 11.6. The fourth-order valence-corrected chi connectivity index (χ4v) is 4.21. The zero-order chi connectivity index (χ0) is 16.8. The van der Waals surface area contributed by atoms with Crippen LogP contribution < -0.4 is 5.32 Å². The summed E-state index contributed by atoms with van der Waals surface area (Å²) in [7, 11) is 0. The molecule has 2 aliphatic rings. The minimum absolute atomic E-state index is 0.127. The standard InChI is InChI=1S/C18H14Cl2N2O2/c19-14-9-8-12-10-5-3-6-11(10)17(21-18(12)16(14)20)13-4-1-2-7-15(13)22(23)24/h1-5,7-11,17,21H,6H2/t10-,11-,17-/m1/s1. The number of nitro groups is 1. The Morgan fingerprint density at radius 3 is 2.71 bits per heavy atom.